The minimum atomic E-state index is 0.0340. The molecule has 1 aromatic carbocycles. The van der Waals surface area contributed by atoms with Gasteiger partial charge in [0.25, 0.3) is 0 Å². The molecule has 0 bridgehead atoms. The maximum Gasteiger partial charge on any atom is 0.202 e. The third kappa shape index (κ3) is 2.94. The number of anilines is 1. The van der Waals surface area contributed by atoms with Crippen LogP contribution in [0.5, 0.6) is 11.5 Å². The molecule has 0 amide bonds. The summed E-state index contributed by atoms with van der Waals surface area (Å²) in [5, 5.41) is 18.7. The molecule has 0 saturated carbocycles. The number of hydrogen-bond acceptors (Lipinski definition) is 6. The van der Waals surface area contributed by atoms with Crippen molar-refractivity contribution >= 4 is 17.5 Å². The predicted molar refractivity (Wildman–Crippen MR) is 86.8 cm³/mol. The summed E-state index contributed by atoms with van der Waals surface area (Å²) in [4.78, 5) is 3.90. The second-order valence-electron chi connectivity index (χ2n) is 5.25. The number of nitrogen functional groups attached to an aromatic ring is 1. The van der Waals surface area contributed by atoms with Gasteiger partial charge in [-0.15, -0.1) is 0 Å². The molecular weight excluding hydrogens is 330 g/mol. The number of aryl methyl sites for hydroxylation is 1. The predicted octanol–water partition coefficient (Wildman–Crippen LogP) is 2.27. The third-order valence-electron chi connectivity index (χ3n) is 3.69. The maximum absolute atomic E-state index is 9.20. The summed E-state index contributed by atoms with van der Waals surface area (Å²) in [5.41, 5.74) is 6.91. The fourth-order valence-electron chi connectivity index (χ4n) is 2.56. The molecule has 0 radical (unpaired) electrons. The van der Waals surface area contributed by atoms with Crippen LogP contribution in [0, 0.1) is 22.7 Å². The lowest BCUT2D eigenvalue weighted by molar-refractivity contribution is 0.297. The smallest absolute Gasteiger partial charge is 0.202 e. The highest BCUT2D eigenvalue weighted by Gasteiger charge is 2.17. The number of nitriles is 2. The number of aromatic nitrogens is 2. The fourth-order valence-corrected chi connectivity index (χ4v) is 2.85. The largest absolute Gasteiger partial charge is 0.489 e. The Morgan fingerprint density at radius 2 is 2.04 bits per heavy atom. The molecule has 0 saturated heterocycles. The quantitative estimate of drug-likeness (QED) is 0.915. The lowest BCUT2D eigenvalue weighted by Crippen LogP contribution is -2.08. The molecule has 1 aliphatic heterocycles. The van der Waals surface area contributed by atoms with Crippen molar-refractivity contribution < 1.29 is 9.47 Å². The molecule has 122 valence electrons. The maximum atomic E-state index is 9.20. The minimum Gasteiger partial charge on any atom is -0.489 e. The molecule has 0 aliphatic carbocycles. The Labute approximate surface area is 143 Å². The summed E-state index contributed by atoms with van der Waals surface area (Å²) in [6, 6.07) is 7.52. The Morgan fingerprint density at radius 1 is 1.25 bits per heavy atom. The number of imidazole rings is 1. The molecule has 7 nitrogen and oxygen atoms in total. The van der Waals surface area contributed by atoms with Gasteiger partial charge in [0.2, 0.25) is 5.95 Å². The van der Waals surface area contributed by atoms with E-state index in [4.69, 9.17) is 32.1 Å². The van der Waals surface area contributed by atoms with Gasteiger partial charge in [-0.05, 0) is 24.1 Å². The number of ether oxygens (including phenoxy) is 2. The first-order valence-corrected chi connectivity index (χ1v) is 7.76. The second kappa shape index (κ2) is 6.69. The molecule has 2 N–H and O–H groups in total. The van der Waals surface area contributed by atoms with Crippen LogP contribution in [0.25, 0.3) is 0 Å². The highest BCUT2D eigenvalue weighted by molar-refractivity contribution is 6.32. The first kappa shape index (κ1) is 16.0. The number of rotatable bonds is 3. The minimum absolute atomic E-state index is 0.0340. The average molecular weight is 344 g/mol. The van der Waals surface area contributed by atoms with Gasteiger partial charge in [0.1, 0.15) is 12.1 Å². The van der Waals surface area contributed by atoms with Crippen LogP contribution in [0.4, 0.5) is 5.95 Å². The first-order valence-electron chi connectivity index (χ1n) is 7.38. The molecule has 8 heteroatoms. The Hall–Kier alpha value is -2.90. The van der Waals surface area contributed by atoms with Crippen LogP contribution in [-0.2, 0) is 13.0 Å². The van der Waals surface area contributed by atoms with Gasteiger partial charge in [-0.3, -0.25) is 0 Å². The van der Waals surface area contributed by atoms with E-state index in [-0.39, 0.29) is 17.3 Å². The Morgan fingerprint density at radius 3 is 2.79 bits per heavy atom. The Kier molecular flexibility index (Phi) is 4.45. The van der Waals surface area contributed by atoms with Crippen molar-refractivity contribution in [3.63, 3.8) is 0 Å². The van der Waals surface area contributed by atoms with Crippen molar-refractivity contribution in [1.82, 2.24) is 9.55 Å². The van der Waals surface area contributed by atoms with Crippen LogP contribution in [0.2, 0.25) is 5.02 Å². The molecule has 1 aliphatic rings. The number of hydrogen-bond donors (Lipinski definition) is 1. The van der Waals surface area contributed by atoms with Gasteiger partial charge in [-0.25, -0.2) is 4.98 Å². The zero-order chi connectivity index (χ0) is 17.1. The van der Waals surface area contributed by atoms with Gasteiger partial charge in [-0.2, -0.15) is 10.5 Å². The molecule has 2 heterocycles. The third-order valence-corrected chi connectivity index (χ3v) is 3.98. The summed E-state index contributed by atoms with van der Waals surface area (Å²) in [7, 11) is 0. The van der Waals surface area contributed by atoms with Crippen molar-refractivity contribution in [2.24, 2.45) is 0 Å². The van der Waals surface area contributed by atoms with Crippen LogP contribution < -0.4 is 15.2 Å². The lowest BCUT2D eigenvalue weighted by Gasteiger charge is -2.12. The highest BCUT2D eigenvalue weighted by atomic mass is 35.5. The number of nitrogens with zero attached hydrogens (tertiary/aromatic N) is 4. The molecule has 1 aromatic heterocycles. The second-order valence-corrected chi connectivity index (χ2v) is 5.66. The normalized spacial score (nSPS) is 13.0. The van der Waals surface area contributed by atoms with E-state index < -0.39 is 0 Å². The molecule has 2 aromatic rings. The molecular formula is C16H14ClN5O2. The number of halogens is 1. The van der Waals surface area contributed by atoms with Crippen molar-refractivity contribution in [3.8, 4) is 23.6 Å². The topological polar surface area (TPSA) is 110 Å². The SMILES string of the molecule is N#Cc1nc(N)n(CCc2cc(Cl)c3c(c2)OCCCO3)c1C#N. The summed E-state index contributed by atoms with van der Waals surface area (Å²) in [6.45, 7) is 1.55. The molecule has 3 rings (SSSR count). The molecule has 24 heavy (non-hydrogen) atoms. The van der Waals surface area contributed by atoms with Crippen LogP contribution in [-0.4, -0.2) is 22.8 Å². The monoisotopic (exact) mass is 343 g/mol. The van der Waals surface area contributed by atoms with Gasteiger partial charge < -0.3 is 19.8 Å². The van der Waals surface area contributed by atoms with Gasteiger partial charge in [0, 0.05) is 13.0 Å². The fraction of sp³-hybridized carbons (Fsp3) is 0.312. The van der Waals surface area contributed by atoms with E-state index in [0.717, 1.165) is 12.0 Å². The lowest BCUT2D eigenvalue weighted by atomic mass is 10.1. The van der Waals surface area contributed by atoms with Crippen molar-refractivity contribution in [3.05, 3.63) is 34.1 Å². The Bertz CT molecular complexity index is 863. The summed E-state index contributed by atoms with van der Waals surface area (Å²) >= 11 is 6.27. The molecule has 0 atom stereocenters. The van der Waals surface area contributed by atoms with Crippen molar-refractivity contribution in [2.45, 2.75) is 19.4 Å². The van der Waals surface area contributed by atoms with E-state index in [1.165, 1.54) is 4.57 Å². The number of benzene rings is 1. The van der Waals surface area contributed by atoms with Crippen molar-refractivity contribution in [1.29, 1.82) is 10.5 Å². The highest BCUT2D eigenvalue weighted by Crippen LogP contribution is 2.38. The van der Waals surface area contributed by atoms with Gasteiger partial charge in [0.05, 0.1) is 18.2 Å². The van der Waals surface area contributed by atoms with E-state index in [1.807, 2.05) is 18.2 Å². The average Bonchev–Trinajstić information content (AvgIpc) is 2.73. The molecule has 0 spiro atoms. The zero-order valence-corrected chi connectivity index (χ0v) is 13.5. The van der Waals surface area contributed by atoms with Gasteiger partial charge in [-0.1, -0.05) is 11.6 Å². The van der Waals surface area contributed by atoms with E-state index in [2.05, 4.69) is 4.98 Å². The summed E-state index contributed by atoms with van der Waals surface area (Å²) in [5.74, 6) is 1.32. The van der Waals surface area contributed by atoms with Crippen LogP contribution in [0.15, 0.2) is 12.1 Å². The number of fused-ring (bicyclic) bond motifs is 1. The van der Waals surface area contributed by atoms with Crippen LogP contribution in [0.1, 0.15) is 23.4 Å². The van der Waals surface area contributed by atoms with E-state index in [0.29, 0.717) is 42.7 Å². The summed E-state index contributed by atoms with van der Waals surface area (Å²) < 4.78 is 12.8. The zero-order valence-electron chi connectivity index (χ0n) is 12.8. The standard InChI is InChI=1S/C16H14ClN5O2/c17-11-6-10(7-14-15(11)24-5-1-4-23-14)2-3-22-13(9-19)12(8-18)21-16(22)20/h6-7H,1-5H2,(H2,20,21). The van der Waals surface area contributed by atoms with Gasteiger partial charge in [0.15, 0.2) is 22.9 Å². The van der Waals surface area contributed by atoms with Crippen LogP contribution >= 0.6 is 11.6 Å². The molecule has 0 fully saturated rings. The van der Waals surface area contributed by atoms with E-state index in [9.17, 15) is 5.26 Å². The van der Waals surface area contributed by atoms with E-state index >= 15 is 0 Å². The van der Waals surface area contributed by atoms with Gasteiger partial charge >= 0.3 is 0 Å². The first-order chi connectivity index (χ1) is 11.6. The van der Waals surface area contributed by atoms with Crippen LogP contribution in [0.3, 0.4) is 0 Å². The summed E-state index contributed by atoms with van der Waals surface area (Å²) in [6.07, 6.45) is 1.35. The van der Waals surface area contributed by atoms with Crippen molar-refractivity contribution in [2.75, 3.05) is 18.9 Å². The molecule has 0 unspecified atom stereocenters. The Balaban J connectivity index is 1.85. The number of nitrogens with two attached hydrogens (primary N) is 1. The van der Waals surface area contributed by atoms with E-state index in [1.54, 1.807) is 6.07 Å².